The van der Waals surface area contributed by atoms with Crippen LogP contribution in [0.15, 0.2) is 59.1 Å². The largest absolute Gasteiger partial charge is 0.293 e. The Morgan fingerprint density at radius 3 is 2.00 bits per heavy atom. The summed E-state index contributed by atoms with van der Waals surface area (Å²) in [6, 6.07) is 17.0. The number of hydrogen-bond donors (Lipinski definition) is 0. The van der Waals surface area contributed by atoms with Crippen LogP contribution in [0.25, 0.3) is 0 Å². The molecule has 19 heavy (non-hydrogen) atoms. The van der Waals surface area contributed by atoms with Gasteiger partial charge < -0.3 is 0 Å². The summed E-state index contributed by atoms with van der Waals surface area (Å²) in [5.41, 5.74) is 1.68. The van der Waals surface area contributed by atoms with Crippen molar-refractivity contribution in [1.82, 2.24) is 0 Å². The Hall–Kier alpha value is -0.930. The van der Waals surface area contributed by atoms with E-state index < -0.39 is 0 Å². The molecule has 0 aliphatic heterocycles. The smallest absolute Gasteiger partial charge is 0.180 e. The van der Waals surface area contributed by atoms with Crippen LogP contribution >= 0.6 is 31.9 Å². The van der Waals surface area contributed by atoms with Crippen molar-refractivity contribution in [2.75, 3.05) is 0 Å². The van der Waals surface area contributed by atoms with Gasteiger partial charge in [-0.2, -0.15) is 0 Å². The number of carbonyl (C=O) groups is 1. The summed E-state index contributed by atoms with van der Waals surface area (Å²) in [6.45, 7) is 4.00. The van der Waals surface area contributed by atoms with Gasteiger partial charge in [0.05, 0.1) is 0 Å². The molecule has 2 rings (SSSR count). The first-order chi connectivity index (χ1) is 9.18. The van der Waals surface area contributed by atoms with Crippen molar-refractivity contribution in [3.05, 3.63) is 70.2 Å². The van der Waals surface area contributed by atoms with Gasteiger partial charge in [0.15, 0.2) is 5.78 Å². The molecule has 2 aromatic carbocycles. The zero-order valence-corrected chi connectivity index (χ0v) is 14.1. The minimum absolute atomic E-state index is 0.0768. The fourth-order valence-electron chi connectivity index (χ4n) is 1.53. The molecule has 0 fully saturated rings. The van der Waals surface area contributed by atoms with Crippen molar-refractivity contribution in [3.63, 3.8) is 0 Å². The van der Waals surface area contributed by atoms with Crippen LogP contribution in [0.5, 0.6) is 0 Å². The lowest BCUT2D eigenvalue weighted by Crippen LogP contribution is -2.06. The Kier molecular flexibility index (Phi) is 7.03. The maximum Gasteiger partial charge on any atom is 0.180 e. The second-order valence-corrected chi connectivity index (χ2v) is 5.48. The average molecular weight is 384 g/mol. The zero-order valence-electron chi connectivity index (χ0n) is 10.9. The second-order valence-electron chi connectivity index (χ2n) is 3.64. The summed E-state index contributed by atoms with van der Waals surface area (Å²) in [6.07, 6.45) is 0. The lowest BCUT2D eigenvalue weighted by molar-refractivity contribution is 0.0991. The molecule has 3 heteroatoms. The number of Topliss-reactive ketones (excluding diaryl/α,β-unsaturated/α-hetero) is 1. The van der Waals surface area contributed by atoms with Gasteiger partial charge in [0.1, 0.15) is 4.83 Å². The zero-order chi connectivity index (χ0) is 14.3. The van der Waals surface area contributed by atoms with E-state index in [2.05, 4.69) is 31.9 Å². The van der Waals surface area contributed by atoms with Crippen LogP contribution in [0, 0.1) is 0 Å². The van der Waals surface area contributed by atoms with Gasteiger partial charge in [-0.3, -0.25) is 4.79 Å². The molecule has 0 spiro atoms. The van der Waals surface area contributed by atoms with Crippen molar-refractivity contribution in [2.24, 2.45) is 0 Å². The van der Waals surface area contributed by atoms with E-state index >= 15 is 0 Å². The van der Waals surface area contributed by atoms with Gasteiger partial charge in [0.2, 0.25) is 0 Å². The van der Waals surface area contributed by atoms with E-state index in [0.717, 1.165) is 15.6 Å². The second kappa shape index (κ2) is 8.28. The molecule has 0 aromatic heterocycles. The monoisotopic (exact) mass is 382 g/mol. The number of benzene rings is 2. The lowest BCUT2D eigenvalue weighted by atomic mass is 10.0. The van der Waals surface area contributed by atoms with Gasteiger partial charge in [0.25, 0.3) is 0 Å². The lowest BCUT2D eigenvalue weighted by Gasteiger charge is -2.09. The van der Waals surface area contributed by atoms with Crippen molar-refractivity contribution < 1.29 is 4.79 Å². The maximum absolute atomic E-state index is 12.2. The van der Waals surface area contributed by atoms with Gasteiger partial charge >= 0.3 is 0 Å². The molecular weight excluding hydrogens is 368 g/mol. The summed E-state index contributed by atoms with van der Waals surface area (Å²) in [5, 5.41) is 0. The molecule has 0 aliphatic carbocycles. The van der Waals surface area contributed by atoms with Crippen molar-refractivity contribution in [2.45, 2.75) is 18.7 Å². The molecule has 1 nitrogen and oxygen atoms in total. The van der Waals surface area contributed by atoms with Crippen LogP contribution in [0.2, 0.25) is 0 Å². The summed E-state index contributed by atoms with van der Waals surface area (Å²) < 4.78 is 1.01. The summed E-state index contributed by atoms with van der Waals surface area (Å²) >= 11 is 6.82. The van der Waals surface area contributed by atoms with Crippen LogP contribution in [0.3, 0.4) is 0 Å². The summed E-state index contributed by atoms with van der Waals surface area (Å²) in [5.74, 6) is 0.0768. The SMILES string of the molecule is CC.O=C(c1ccccc1)C(Br)c1ccc(Br)cc1. The van der Waals surface area contributed by atoms with Gasteiger partial charge in [-0.15, -0.1) is 0 Å². The Morgan fingerprint density at radius 1 is 0.947 bits per heavy atom. The van der Waals surface area contributed by atoms with Gasteiger partial charge in [0, 0.05) is 10.0 Å². The molecule has 0 heterocycles. The van der Waals surface area contributed by atoms with E-state index in [-0.39, 0.29) is 10.6 Å². The normalized spacial score (nSPS) is 11.2. The number of alkyl halides is 1. The van der Waals surface area contributed by atoms with Crippen molar-refractivity contribution >= 4 is 37.6 Å². The van der Waals surface area contributed by atoms with E-state index in [4.69, 9.17) is 0 Å². The predicted molar refractivity (Wildman–Crippen MR) is 87.9 cm³/mol. The van der Waals surface area contributed by atoms with Crippen LogP contribution in [-0.4, -0.2) is 5.78 Å². The number of ketones is 1. The van der Waals surface area contributed by atoms with Gasteiger partial charge in [-0.05, 0) is 17.7 Å². The van der Waals surface area contributed by atoms with Gasteiger partial charge in [-0.1, -0.05) is 88.2 Å². The molecule has 0 aliphatic rings. The third kappa shape index (κ3) is 4.59. The van der Waals surface area contributed by atoms with Crippen molar-refractivity contribution in [1.29, 1.82) is 0 Å². The van der Waals surface area contributed by atoms with E-state index in [1.807, 2.05) is 68.4 Å². The van der Waals surface area contributed by atoms with Gasteiger partial charge in [-0.25, -0.2) is 0 Å². The molecule has 0 N–H and O–H groups in total. The molecular formula is C16H16Br2O. The number of hydrogen-bond acceptors (Lipinski definition) is 1. The molecule has 2 aromatic rings. The van der Waals surface area contributed by atoms with Crippen molar-refractivity contribution in [3.8, 4) is 0 Å². The highest BCUT2D eigenvalue weighted by atomic mass is 79.9. The fraction of sp³-hybridized carbons (Fsp3) is 0.188. The standard InChI is InChI=1S/C14H10Br2O.C2H6/c15-12-8-6-10(7-9-12)13(16)14(17)11-4-2-1-3-5-11;1-2/h1-9,13H;1-2H3. The quantitative estimate of drug-likeness (QED) is 0.483. The Morgan fingerprint density at radius 2 is 1.47 bits per heavy atom. The molecule has 0 saturated heterocycles. The average Bonchev–Trinajstić information content (AvgIpc) is 2.49. The first-order valence-corrected chi connectivity index (χ1v) is 7.88. The Labute approximate surface area is 131 Å². The molecule has 0 saturated carbocycles. The number of carbonyl (C=O) groups excluding carboxylic acids is 1. The van der Waals surface area contributed by atoms with Crippen LogP contribution in [0.4, 0.5) is 0 Å². The Balaban J connectivity index is 0.000000861. The topological polar surface area (TPSA) is 17.1 Å². The maximum atomic E-state index is 12.2. The van der Waals surface area contributed by atoms with Crippen LogP contribution < -0.4 is 0 Å². The molecule has 0 amide bonds. The third-order valence-corrected chi connectivity index (χ3v) is 3.92. The summed E-state index contributed by atoms with van der Waals surface area (Å²) in [7, 11) is 0. The first kappa shape index (κ1) is 16.1. The fourth-order valence-corrected chi connectivity index (χ4v) is 2.37. The first-order valence-electron chi connectivity index (χ1n) is 6.17. The molecule has 0 radical (unpaired) electrons. The Bertz CT molecular complexity index is 506. The predicted octanol–water partition coefficient (Wildman–Crippen LogP) is 5.79. The molecule has 0 bridgehead atoms. The summed E-state index contributed by atoms with van der Waals surface area (Å²) in [4.78, 5) is 11.9. The van der Waals surface area contributed by atoms with E-state index in [1.165, 1.54) is 0 Å². The van der Waals surface area contributed by atoms with E-state index in [0.29, 0.717) is 0 Å². The molecule has 1 unspecified atom stereocenters. The third-order valence-electron chi connectivity index (χ3n) is 2.45. The molecule has 100 valence electrons. The minimum atomic E-state index is -0.294. The van der Waals surface area contributed by atoms with Crippen LogP contribution in [0.1, 0.15) is 34.6 Å². The molecule has 1 atom stereocenters. The number of rotatable bonds is 3. The highest BCUT2D eigenvalue weighted by Gasteiger charge is 2.18. The van der Waals surface area contributed by atoms with E-state index in [9.17, 15) is 4.79 Å². The highest BCUT2D eigenvalue weighted by Crippen LogP contribution is 2.27. The number of halogens is 2. The van der Waals surface area contributed by atoms with E-state index in [1.54, 1.807) is 0 Å². The highest BCUT2D eigenvalue weighted by molar-refractivity contribution is 9.10. The minimum Gasteiger partial charge on any atom is -0.293 e. The van der Waals surface area contributed by atoms with Crippen LogP contribution in [-0.2, 0) is 0 Å².